The zero-order valence-corrected chi connectivity index (χ0v) is 13.4. The van der Waals surface area contributed by atoms with Crippen molar-refractivity contribution in [1.82, 2.24) is 0 Å². The first-order valence-electron chi connectivity index (χ1n) is 6.84. The number of ether oxygens (including phenoxy) is 3. The van der Waals surface area contributed by atoms with Gasteiger partial charge in [0.15, 0.2) is 0 Å². The van der Waals surface area contributed by atoms with Gasteiger partial charge in [-0.15, -0.1) is 0 Å². The summed E-state index contributed by atoms with van der Waals surface area (Å²) in [4.78, 5) is 0. The summed E-state index contributed by atoms with van der Waals surface area (Å²) in [7, 11) is 1.64. The van der Waals surface area contributed by atoms with Gasteiger partial charge in [0, 0.05) is 19.6 Å². The fourth-order valence-electron chi connectivity index (χ4n) is 2.46. The number of rotatable bonds is 6. The zero-order valence-electron chi connectivity index (χ0n) is 11.8. The van der Waals surface area contributed by atoms with E-state index in [1.165, 1.54) is 0 Å². The van der Waals surface area contributed by atoms with Crippen LogP contribution >= 0.6 is 15.9 Å². The van der Waals surface area contributed by atoms with Crippen LogP contribution in [0.4, 0.5) is 0 Å². The molecule has 20 heavy (non-hydrogen) atoms. The average Bonchev–Trinajstić information content (AvgIpc) is 2.86. The largest absolute Gasteiger partial charge is 0.490 e. The van der Waals surface area contributed by atoms with E-state index in [1.54, 1.807) is 7.11 Å². The molecule has 0 amide bonds. The molecule has 1 fully saturated rings. The van der Waals surface area contributed by atoms with Gasteiger partial charge in [-0.3, -0.25) is 0 Å². The predicted octanol–water partition coefficient (Wildman–Crippen LogP) is 2.93. The van der Waals surface area contributed by atoms with E-state index in [0.29, 0.717) is 13.2 Å². The van der Waals surface area contributed by atoms with Crippen LogP contribution in [0.25, 0.3) is 0 Å². The molecule has 5 heteroatoms. The van der Waals surface area contributed by atoms with E-state index in [4.69, 9.17) is 14.2 Å². The second-order valence-electron chi connectivity index (χ2n) is 5.00. The van der Waals surface area contributed by atoms with E-state index in [9.17, 15) is 5.11 Å². The minimum Gasteiger partial charge on any atom is -0.490 e. The van der Waals surface area contributed by atoms with Gasteiger partial charge in [-0.1, -0.05) is 6.07 Å². The minimum atomic E-state index is -0.503. The maximum Gasteiger partial charge on any atom is 0.133 e. The second kappa shape index (κ2) is 7.41. The van der Waals surface area contributed by atoms with Crippen molar-refractivity contribution in [2.45, 2.75) is 25.6 Å². The van der Waals surface area contributed by atoms with Gasteiger partial charge in [-0.25, -0.2) is 0 Å². The highest BCUT2D eigenvalue weighted by Gasteiger charge is 2.31. The van der Waals surface area contributed by atoms with Gasteiger partial charge in [-0.2, -0.15) is 0 Å². The standard InChI is InChI=1S/C15H21BrO4/c1-10-12(5-6-19-10)15(17)11-3-4-14(13(16)9-11)20-8-7-18-2/h3-4,9-10,12,15,17H,5-8H2,1-2H3. The molecule has 2 rings (SSSR count). The van der Waals surface area contributed by atoms with Crippen LogP contribution in [0.1, 0.15) is 25.0 Å². The second-order valence-corrected chi connectivity index (χ2v) is 5.86. The molecular formula is C15H21BrO4. The average molecular weight is 345 g/mol. The maximum atomic E-state index is 10.5. The molecule has 0 radical (unpaired) electrons. The van der Waals surface area contributed by atoms with Crippen molar-refractivity contribution in [3.8, 4) is 5.75 Å². The summed E-state index contributed by atoms with van der Waals surface area (Å²) in [5.74, 6) is 0.913. The fraction of sp³-hybridized carbons (Fsp3) is 0.600. The number of aliphatic hydroxyl groups excluding tert-OH is 1. The van der Waals surface area contributed by atoms with E-state index in [0.717, 1.165) is 28.8 Å². The SMILES string of the molecule is COCCOc1ccc(C(O)C2CCOC2C)cc1Br. The Labute approximate surface area is 128 Å². The molecule has 1 aromatic carbocycles. The molecule has 3 unspecified atom stereocenters. The van der Waals surface area contributed by atoms with Gasteiger partial charge in [0.1, 0.15) is 12.4 Å². The Morgan fingerprint density at radius 3 is 2.85 bits per heavy atom. The molecule has 0 saturated carbocycles. The highest BCUT2D eigenvalue weighted by atomic mass is 79.9. The first-order chi connectivity index (χ1) is 9.63. The number of benzene rings is 1. The first kappa shape index (κ1) is 15.8. The quantitative estimate of drug-likeness (QED) is 0.806. The molecule has 4 nitrogen and oxygen atoms in total. The Balaban J connectivity index is 2.04. The van der Waals surface area contributed by atoms with Crippen molar-refractivity contribution in [3.63, 3.8) is 0 Å². The monoisotopic (exact) mass is 344 g/mol. The lowest BCUT2D eigenvalue weighted by molar-refractivity contribution is 0.0431. The van der Waals surface area contributed by atoms with Crippen molar-refractivity contribution >= 4 is 15.9 Å². The van der Waals surface area contributed by atoms with Crippen LogP contribution < -0.4 is 4.74 Å². The van der Waals surface area contributed by atoms with Crippen LogP contribution in [0.15, 0.2) is 22.7 Å². The molecule has 1 aliphatic heterocycles. The van der Waals surface area contributed by atoms with Crippen molar-refractivity contribution < 1.29 is 19.3 Å². The van der Waals surface area contributed by atoms with Gasteiger partial charge in [0.05, 0.1) is 23.3 Å². The van der Waals surface area contributed by atoms with Crippen LogP contribution in [0, 0.1) is 5.92 Å². The Kier molecular flexibility index (Phi) is 5.84. The van der Waals surface area contributed by atoms with Gasteiger partial charge in [-0.05, 0) is 47.0 Å². The molecular weight excluding hydrogens is 324 g/mol. The molecule has 3 atom stereocenters. The highest BCUT2D eigenvalue weighted by Crippen LogP contribution is 2.36. The molecule has 1 N–H and O–H groups in total. The van der Waals surface area contributed by atoms with Crippen molar-refractivity contribution in [2.24, 2.45) is 5.92 Å². The first-order valence-corrected chi connectivity index (χ1v) is 7.63. The van der Waals surface area contributed by atoms with Gasteiger partial charge in [0.2, 0.25) is 0 Å². The van der Waals surface area contributed by atoms with E-state index in [1.807, 2.05) is 25.1 Å². The Bertz CT molecular complexity index is 438. The molecule has 1 heterocycles. The molecule has 1 saturated heterocycles. The summed E-state index contributed by atoms with van der Waals surface area (Å²) in [5.41, 5.74) is 0.887. The number of hydrogen-bond acceptors (Lipinski definition) is 4. The lowest BCUT2D eigenvalue weighted by Gasteiger charge is -2.22. The predicted molar refractivity (Wildman–Crippen MR) is 80.0 cm³/mol. The summed E-state index contributed by atoms with van der Waals surface area (Å²) in [6, 6.07) is 5.69. The van der Waals surface area contributed by atoms with Crippen LogP contribution in [0.2, 0.25) is 0 Å². The van der Waals surface area contributed by atoms with Crippen molar-refractivity contribution in [3.05, 3.63) is 28.2 Å². The Morgan fingerprint density at radius 2 is 2.25 bits per heavy atom. The Hall–Kier alpha value is -0.620. The number of hydrogen-bond donors (Lipinski definition) is 1. The summed E-state index contributed by atoms with van der Waals surface area (Å²) >= 11 is 3.48. The summed E-state index contributed by atoms with van der Waals surface area (Å²) < 4.78 is 16.9. The summed E-state index contributed by atoms with van der Waals surface area (Å²) in [5, 5.41) is 10.5. The third-order valence-corrected chi connectivity index (χ3v) is 4.30. The van der Waals surface area contributed by atoms with E-state index < -0.39 is 6.10 Å². The third kappa shape index (κ3) is 3.73. The fourth-order valence-corrected chi connectivity index (χ4v) is 2.97. The minimum absolute atomic E-state index is 0.0985. The molecule has 1 aliphatic rings. The summed E-state index contributed by atoms with van der Waals surface area (Å²) in [6.07, 6.45) is 0.490. The third-order valence-electron chi connectivity index (χ3n) is 3.68. The van der Waals surface area contributed by atoms with Crippen molar-refractivity contribution in [1.29, 1.82) is 0 Å². The zero-order chi connectivity index (χ0) is 14.5. The Morgan fingerprint density at radius 1 is 1.45 bits per heavy atom. The lowest BCUT2D eigenvalue weighted by atomic mass is 9.91. The van der Waals surface area contributed by atoms with Crippen LogP contribution in [-0.2, 0) is 9.47 Å². The lowest BCUT2D eigenvalue weighted by Crippen LogP contribution is -2.19. The molecule has 0 bridgehead atoms. The molecule has 0 spiro atoms. The topological polar surface area (TPSA) is 47.9 Å². The number of methoxy groups -OCH3 is 1. The smallest absolute Gasteiger partial charge is 0.133 e. The van der Waals surface area contributed by atoms with E-state index >= 15 is 0 Å². The van der Waals surface area contributed by atoms with Crippen LogP contribution in [-0.4, -0.2) is 38.1 Å². The van der Waals surface area contributed by atoms with E-state index in [-0.39, 0.29) is 12.0 Å². The number of halogens is 1. The highest BCUT2D eigenvalue weighted by molar-refractivity contribution is 9.10. The van der Waals surface area contributed by atoms with E-state index in [2.05, 4.69) is 15.9 Å². The molecule has 0 aliphatic carbocycles. The van der Waals surface area contributed by atoms with Crippen LogP contribution in [0.3, 0.4) is 0 Å². The van der Waals surface area contributed by atoms with Crippen molar-refractivity contribution in [2.75, 3.05) is 26.9 Å². The molecule has 0 aromatic heterocycles. The normalized spacial score (nSPS) is 23.8. The maximum absolute atomic E-state index is 10.5. The van der Waals surface area contributed by atoms with Gasteiger partial charge < -0.3 is 19.3 Å². The van der Waals surface area contributed by atoms with Crippen LogP contribution in [0.5, 0.6) is 5.75 Å². The molecule has 1 aromatic rings. The van der Waals surface area contributed by atoms with Gasteiger partial charge >= 0.3 is 0 Å². The van der Waals surface area contributed by atoms with Gasteiger partial charge in [0.25, 0.3) is 0 Å². The number of aliphatic hydroxyl groups is 1. The molecule has 112 valence electrons. The summed E-state index contributed by atoms with van der Waals surface area (Å²) in [6.45, 7) is 3.79.